The Morgan fingerprint density at radius 1 is 1.36 bits per heavy atom. The van der Waals surface area contributed by atoms with Gasteiger partial charge < -0.3 is 10.5 Å². The molecule has 1 aromatic carbocycles. The van der Waals surface area contributed by atoms with Crippen LogP contribution in [0.5, 0.6) is 5.75 Å². The second kappa shape index (κ2) is 7.22. The molecular weight excluding hydrogens is 278 g/mol. The predicted octanol–water partition coefficient (Wildman–Crippen LogP) is 2.65. The van der Waals surface area contributed by atoms with E-state index in [1.165, 1.54) is 4.68 Å². The van der Waals surface area contributed by atoms with Crippen molar-refractivity contribution < 1.29 is 4.74 Å². The molecule has 1 atom stereocenters. The molecule has 22 heavy (non-hydrogen) atoms. The van der Waals surface area contributed by atoms with Crippen molar-refractivity contribution in [3.8, 4) is 17.0 Å². The smallest absolute Gasteiger partial charge is 0.271 e. The molecular formula is C17H23N3O2. The van der Waals surface area contributed by atoms with Crippen molar-refractivity contribution in [1.29, 1.82) is 0 Å². The summed E-state index contributed by atoms with van der Waals surface area (Å²) < 4.78 is 7.05. The monoisotopic (exact) mass is 301 g/mol. The van der Waals surface area contributed by atoms with Gasteiger partial charge in [0.2, 0.25) is 0 Å². The highest BCUT2D eigenvalue weighted by Gasteiger charge is 2.11. The van der Waals surface area contributed by atoms with Crippen molar-refractivity contribution in [3.63, 3.8) is 0 Å². The van der Waals surface area contributed by atoms with Gasteiger partial charge in [-0.3, -0.25) is 4.79 Å². The van der Waals surface area contributed by atoms with E-state index in [1.807, 2.05) is 24.3 Å². The Morgan fingerprint density at radius 2 is 2.14 bits per heavy atom. The van der Waals surface area contributed by atoms with Crippen LogP contribution in [0.15, 0.2) is 35.1 Å². The minimum absolute atomic E-state index is 0.158. The van der Waals surface area contributed by atoms with Crippen molar-refractivity contribution in [3.05, 3.63) is 46.2 Å². The quantitative estimate of drug-likeness (QED) is 0.833. The summed E-state index contributed by atoms with van der Waals surface area (Å²) in [6.07, 6.45) is 2.12. The molecule has 2 aromatic rings. The zero-order valence-electron chi connectivity index (χ0n) is 13.4. The zero-order chi connectivity index (χ0) is 16.1. The molecule has 5 nitrogen and oxygen atoms in total. The Balaban J connectivity index is 2.35. The van der Waals surface area contributed by atoms with Crippen LogP contribution in [0.3, 0.4) is 0 Å². The van der Waals surface area contributed by atoms with Crippen molar-refractivity contribution in [2.75, 3.05) is 6.61 Å². The molecule has 1 unspecified atom stereocenters. The fourth-order valence-electron chi connectivity index (χ4n) is 2.18. The number of rotatable bonds is 6. The maximum Gasteiger partial charge on any atom is 0.271 e. The number of nitrogens with two attached hydrogens (primary N) is 1. The summed E-state index contributed by atoms with van der Waals surface area (Å²) in [6.45, 7) is 4.63. The van der Waals surface area contributed by atoms with Crippen LogP contribution in [-0.2, 0) is 7.05 Å². The first kappa shape index (κ1) is 16.2. The number of hydrogen-bond acceptors (Lipinski definition) is 4. The second-order valence-electron chi connectivity index (χ2n) is 5.43. The van der Waals surface area contributed by atoms with Crippen molar-refractivity contribution in [2.45, 2.75) is 32.7 Å². The Labute approximate surface area is 130 Å². The summed E-state index contributed by atoms with van der Waals surface area (Å²) in [5, 5.41) is 4.32. The van der Waals surface area contributed by atoms with Crippen molar-refractivity contribution in [1.82, 2.24) is 9.78 Å². The number of hydrogen-bond donors (Lipinski definition) is 1. The fourth-order valence-corrected chi connectivity index (χ4v) is 2.18. The first-order valence-electron chi connectivity index (χ1n) is 7.60. The topological polar surface area (TPSA) is 70.1 Å². The van der Waals surface area contributed by atoms with Gasteiger partial charge in [0.1, 0.15) is 5.75 Å². The van der Waals surface area contributed by atoms with Gasteiger partial charge in [-0.25, -0.2) is 4.68 Å². The Bertz CT molecular complexity index is 693. The first-order valence-corrected chi connectivity index (χ1v) is 7.60. The molecule has 0 aliphatic rings. The van der Waals surface area contributed by atoms with Crippen molar-refractivity contribution >= 4 is 0 Å². The third-order valence-corrected chi connectivity index (χ3v) is 3.48. The van der Waals surface area contributed by atoms with Gasteiger partial charge >= 0.3 is 0 Å². The number of ether oxygens (including phenoxy) is 1. The van der Waals surface area contributed by atoms with Crippen molar-refractivity contribution in [2.24, 2.45) is 12.8 Å². The average molecular weight is 301 g/mol. The molecule has 0 aliphatic carbocycles. The van der Waals surface area contributed by atoms with Crippen LogP contribution in [-0.4, -0.2) is 16.4 Å². The number of aryl methyl sites for hydroxylation is 1. The van der Waals surface area contributed by atoms with Gasteiger partial charge in [0, 0.05) is 24.2 Å². The standard InChI is InChI=1S/C17H23N3O2/c1-4-5-9-22-14-8-6-7-13(10-14)16-11-15(12(2)18)17(21)20(3)19-16/h6-8,10-12H,4-5,9,18H2,1-3H3. The summed E-state index contributed by atoms with van der Waals surface area (Å²) in [5.41, 5.74) is 7.90. The lowest BCUT2D eigenvalue weighted by Gasteiger charge is -2.11. The molecule has 0 saturated carbocycles. The second-order valence-corrected chi connectivity index (χ2v) is 5.43. The van der Waals surface area contributed by atoms with E-state index >= 15 is 0 Å². The SMILES string of the molecule is CCCCOc1cccc(-c2cc(C(C)N)c(=O)n(C)n2)c1. The number of unbranched alkanes of at least 4 members (excludes halogenated alkanes) is 1. The van der Waals surface area contributed by atoms with Gasteiger partial charge in [-0.2, -0.15) is 5.10 Å². The lowest BCUT2D eigenvalue weighted by molar-refractivity contribution is 0.309. The molecule has 5 heteroatoms. The van der Waals surface area contributed by atoms with Crippen LogP contribution in [0.4, 0.5) is 0 Å². The lowest BCUT2D eigenvalue weighted by Crippen LogP contribution is -2.27. The van der Waals surface area contributed by atoms with Crippen LogP contribution in [0.25, 0.3) is 11.3 Å². The molecule has 0 spiro atoms. The van der Waals surface area contributed by atoms with E-state index in [9.17, 15) is 4.79 Å². The molecule has 1 aromatic heterocycles. The van der Waals surface area contributed by atoms with E-state index in [1.54, 1.807) is 20.0 Å². The highest BCUT2D eigenvalue weighted by atomic mass is 16.5. The first-order chi connectivity index (χ1) is 10.5. The van der Waals surface area contributed by atoms with E-state index < -0.39 is 0 Å². The Hall–Kier alpha value is -2.14. The molecule has 0 aliphatic heterocycles. The molecule has 1 heterocycles. The maximum absolute atomic E-state index is 12.0. The third-order valence-electron chi connectivity index (χ3n) is 3.48. The van der Waals surface area contributed by atoms with Gasteiger partial charge in [0.05, 0.1) is 12.3 Å². The van der Waals surface area contributed by atoms with E-state index in [-0.39, 0.29) is 11.6 Å². The fraction of sp³-hybridized carbons (Fsp3) is 0.412. The molecule has 0 radical (unpaired) electrons. The van der Waals surface area contributed by atoms with Gasteiger partial charge in [-0.1, -0.05) is 25.5 Å². The molecule has 0 saturated heterocycles. The Morgan fingerprint density at radius 3 is 2.82 bits per heavy atom. The highest BCUT2D eigenvalue weighted by Crippen LogP contribution is 2.23. The van der Waals surface area contributed by atoms with Gasteiger partial charge in [0.15, 0.2) is 0 Å². The van der Waals surface area contributed by atoms with E-state index in [0.29, 0.717) is 12.2 Å². The molecule has 0 fully saturated rings. The molecule has 0 bridgehead atoms. The average Bonchev–Trinajstić information content (AvgIpc) is 2.50. The molecule has 2 rings (SSSR count). The largest absolute Gasteiger partial charge is 0.494 e. The van der Waals surface area contributed by atoms with Gasteiger partial charge in [0.25, 0.3) is 5.56 Å². The predicted molar refractivity (Wildman–Crippen MR) is 87.9 cm³/mol. The highest BCUT2D eigenvalue weighted by molar-refractivity contribution is 5.61. The number of nitrogens with zero attached hydrogens (tertiary/aromatic N) is 2. The zero-order valence-corrected chi connectivity index (χ0v) is 13.4. The van der Waals surface area contributed by atoms with Crippen LogP contribution in [0.2, 0.25) is 0 Å². The van der Waals surface area contributed by atoms with E-state index in [2.05, 4.69) is 12.0 Å². The molecule has 118 valence electrons. The van der Waals surface area contributed by atoms with E-state index in [4.69, 9.17) is 10.5 Å². The van der Waals surface area contributed by atoms with Gasteiger partial charge in [-0.15, -0.1) is 0 Å². The van der Waals surface area contributed by atoms with E-state index in [0.717, 1.165) is 29.8 Å². The minimum Gasteiger partial charge on any atom is -0.494 e. The van der Waals surface area contributed by atoms with Crippen LogP contribution in [0, 0.1) is 0 Å². The van der Waals surface area contributed by atoms with Crippen LogP contribution in [0.1, 0.15) is 38.3 Å². The lowest BCUT2D eigenvalue weighted by atomic mass is 10.1. The van der Waals surface area contributed by atoms with Crippen LogP contribution >= 0.6 is 0 Å². The third kappa shape index (κ3) is 3.74. The summed E-state index contributed by atoms with van der Waals surface area (Å²) in [6, 6.07) is 9.17. The normalized spacial score (nSPS) is 12.2. The summed E-state index contributed by atoms with van der Waals surface area (Å²) in [4.78, 5) is 12.0. The van der Waals surface area contributed by atoms with Gasteiger partial charge in [-0.05, 0) is 31.5 Å². The summed E-state index contributed by atoms with van der Waals surface area (Å²) in [7, 11) is 1.64. The number of aromatic nitrogens is 2. The number of benzene rings is 1. The molecule has 2 N–H and O–H groups in total. The molecule has 0 amide bonds. The van der Waals surface area contributed by atoms with Crippen LogP contribution < -0.4 is 16.0 Å². The minimum atomic E-state index is -0.329. The summed E-state index contributed by atoms with van der Waals surface area (Å²) in [5.74, 6) is 0.809. The Kier molecular flexibility index (Phi) is 5.33. The maximum atomic E-state index is 12.0. The summed E-state index contributed by atoms with van der Waals surface area (Å²) >= 11 is 0.